The topological polar surface area (TPSA) is 46.6 Å². The highest BCUT2D eigenvalue weighted by Crippen LogP contribution is 2.24. The first-order chi connectivity index (χ1) is 7.60. The maximum atomic E-state index is 13.6. The van der Waals surface area contributed by atoms with Crippen molar-refractivity contribution in [2.75, 3.05) is 13.2 Å². The molecule has 1 saturated heterocycles. The van der Waals surface area contributed by atoms with Crippen molar-refractivity contribution in [3.05, 3.63) is 0 Å². The minimum absolute atomic E-state index is 0.125. The van der Waals surface area contributed by atoms with Gasteiger partial charge in [-0.2, -0.15) is 0 Å². The number of esters is 1. The number of nitrogens with zero attached hydrogens (tertiary/aromatic N) is 1. The zero-order valence-electron chi connectivity index (χ0n) is 9.74. The fraction of sp³-hybridized carbons (Fsp3) is 0.818. The third kappa shape index (κ3) is 2.93. The van der Waals surface area contributed by atoms with Gasteiger partial charge in [0.05, 0.1) is 6.61 Å². The average molecular weight is 231 g/mol. The molecule has 1 heterocycles. The predicted octanol–water partition coefficient (Wildman–Crippen LogP) is 1.49. The van der Waals surface area contributed by atoms with Crippen LogP contribution in [0.1, 0.15) is 33.1 Å². The molecule has 1 amide bonds. The van der Waals surface area contributed by atoms with Gasteiger partial charge in [-0.3, -0.25) is 4.79 Å². The summed E-state index contributed by atoms with van der Waals surface area (Å²) in [4.78, 5) is 23.6. The Bertz CT molecular complexity index is 270. The monoisotopic (exact) mass is 231 g/mol. The Morgan fingerprint density at radius 2 is 2.31 bits per heavy atom. The van der Waals surface area contributed by atoms with Crippen LogP contribution in [0.4, 0.5) is 4.39 Å². The van der Waals surface area contributed by atoms with E-state index in [1.54, 1.807) is 6.92 Å². The lowest BCUT2D eigenvalue weighted by atomic mass is 10.0. The molecule has 0 bridgehead atoms. The fourth-order valence-electron chi connectivity index (χ4n) is 1.97. The van der Waals surface area contributed by atoms with Crippen molar-refractivity contribution >= 4 is 11.9 Å². The van der Waals surface area contributed by atoms with E-state index < -0.39 is 12.3 Å². The number of ether oxygens (including phenoxy) is 1. The van der Waals surface area contributed by atoms with E-state index in [1.165, 1.54) is 0 Å². The van der Waals surface area contributed by atoms with Crippen LogP contribution in [0.25, 0.3) is 0 Å². The van der Waals surface area contributed by atoms with E-state index in [0.717, 1.165) is 17.7 Å². The molecular weight excluding hydrogens is 213 g/mol. The van der Waals surface area contributed by atoms with Gasteiger partial charge in [0.1, 0.15) is 0 Å². The van der Waals surface area contributed by atoms with E-state index in [2.05, 4.69) is 4.74 Å². The first-order valence-electron chi connectivity index (χ1n) is 5.70. The van der Waals surface area contributed by atoms with Crippen molar-refractivity contribution in [1.82, 2.24) is 4.90 Å². The summed E-state index contributed by atoms with van der Waals surface area (Å²) in [6.45, 7) is 4.08. The number of hydrogen-bond acceptors (Lipinski definition) is 3. The molecule has 1 aliphatic heterocycles. The normalized spacial score (nSPS) is 22.3. The number of halogens is 1. The third-order valence-electron chi connectivity index (χ3n) is 2.69. The first kappa shape index (κ1) is 12.9. The quantitative estimate of drug-likeness (QED) is 0.532. The van der Waals surface area contributed by atoms with E-state index in [4.69, 9.17) is 0 Å². The van der Waals surface area contributed by atoms with Crippen LogP contribution in [0.3, 0.4) is 0 Å². The Balaban J connectivity index is 2.53. The second kappa shape index (κ2) is 5.82. The summed E-state index contributed by atoms with van der Waals surface area (Å²) in [5, 5.41) is 0. The van der Waals surface area contributed by atoms with Crippen LogP contribution < -0.4 is 0 Å². The van der Waals surface area contributed by atoms with Crippen molar-refractivity contribution in [2.45, 2.75) is 39.4 Å². The largest absolute Gasteiger partial charge is 0.462 e. The van der Waals surface area contributed by atoms with Crippen LogP contribution in [0, 0.1) is 5.92 Å². The van der Waals surface area contributed by atoms with E-state index >= 15 is 0 Å². The Kier molecular flexibility index (Phi) is 4.71. The molecule has 0 radical (unpaired) electrons. The van der Waals surface area contributed by atoms with E-state index in [0.29, 0.717) is 13.0 Å². The van der Waals surface area contributed by atoms with Crippen molar-refractivity contribution in [1.29, 1.82) is 0 Å². The van der Waals surface area contributed by atoms with Gasteiger partial charge in [0.2, 0.25) is 5.91 Å². The molecule has 4 nitrogen and oxygen atoms in total. The highest BCUT2D eigenvalue weighted by atomic mass is 19.1. The molecule has 0 aromatic rings. The summed E-state index contributed by atoms with van der Waals surface area (Å²) in [6, 6.07) is 0. The van der Waals surface area contributed by atoms with Gasteiger partial charge in [0.25, 0.3) is 6.30 Å². The third-order valence-corrected chi connectivity index (χ3v) is 2.69. The second-order valence-electron chi connectivity index (χ2n) is 3.99. The Hall–Kier alpha value is -1.13. The molecule has 1 fully saturated rings. The van der Waals surface area contributed by atoms with Crippen LogP contribution in [-0.2, 0) is 14.3 Å². The standard InChI is InChI=1S/C11H18FNO3/c1-3-5-8-6-9(14)13(7-8)10(12)11(15)16-4-2/h8,10H,3-7H2,1-2H3. The lowest BCUT2D eigenvalue weighted by molar-refractivity contribution is -0.160. The SMILES string of the molecule is CCCC1CC(=O)N(C(F)C(=O)OCC)C1. The molecule has 0 spiro atoms. The van der Waals surface area contributed by atoms with Crippen LogP contribution in [0.5, 0.6) is 0 Å². The summed E-state index contributed by atoms with van der Waals surface area (Å²) in [6.07, 6.45) is 0.252. The van der Waals surface area contributed by atoms with Crippen molar-refractivity contribution in [3.63, 3.8) is 0 Å². The van der Waals surface area contributed by atoms with Gasteiger partial charge in [0, 0.05) is 13.0 Å². The Labute approximate surface area is 94.7 Å². The van der Waals surface area contributed by atoms with Crippen LogP contribution in [-0.4, -0.2) is 36.2 Å². The summed E-state index contributed by atoms with van der Waals surface area (Å²) >= 11 is 0. The Morgan fingerprint density at radius 1 is 1.62 bits per heavy atom. The van der Waals surface area contributed by atoms with Crippen molar-refractivity contribution < 1.29 is 18.7 Å². The summed E-state index contributed by atoms with van der Waals surface area (Å²) in [5.41, 5.74) is 0. The van der Waals surface area contributed by atoms with Crippen molar-refractivity contribution in [2.24, 2.45) is 5.92 Å². The zero-order valence-corrected chi connectivity index (χ0v) is 9.74. The van der Waals surface area contributed by atoms with Gasteiger partial charge in [-0.25, -0.2) is 9.18 Å². The van der Waals surface area contributed by atoms with Gasteiger partial charge in [-0.15, -0.1) is 0 Å². The molecule has 0 aliphatic carbocycles. The minimum Gasteiger partial charge on any atom is -0.462 e. The van der Waals surface area contributed by atoms with Crippen LogP contribution in [0.15, 0.2) is 0 Å². The van der Waals surface area contributed by atoms with Crippen LogP contribution in [0.2, 0.25) is 0 Å². The molecule has 5 heteroatoms. The minimum atomic E-state index is -1.94. The van der Waals surface area contributed by atoms with Gasteiger partial charge < -0.3 is 9.64 Å². The summed E-state index contributed by atoms with van der Waals surface area (Å²) < 4.78 is 18.1. The zero-order chi connectivity index (χ0) is 12.1. The van der Waals surface area contributed by atoms with Crippen LogP contribution >= 0.6 is 0 Å². The van der Waals surface area contributed by atoms with E-state index in [1.807, 2.05) is 6.92 Å². The number of hydrogen-bond donors (Lipinski definition) is 0. The molecule has 2 atom stereocenters. The molecule has 0 aromatic heterocycles. The summed E-state index contributed by atoms with van der Waals surface area (Å²) in [5.74, 6) is -1.09. The molecule has 92 valence electrons. The Morgan fingerprint density at radius 3 is 2.88 bits per heavy atom. The first-order valence-corrected chi connectivity index (χ1v) is 5.70. The highest BCUT2D eigenvalue weighted by Gasteiger charge is 2.37. The maximum absolute atomic E-state index is 13.6. The molecule has 16 heavy (non-hydrogen) atoms. The molecular formula is C11H18FNO3. The lowest BCUT2D eigenvalue weighted by Crippen LogP contribution is -2.40. The van der Waals surface area contributed by atoms with E-state index in [9.17, 15) is 14.0 Å². The molecule has 0 aromatic carbocycles. The number of carbonyl (C=O) groups is 2. The molecule has 1 aliphatic rings. The number of amides is 1. The predicted molar refractivity (Wildman–Crippen MR) is 56.3 cm³/mol. The maximum Gasteiger partial charge on any atom is 0.362 e. The number of alkyl halides is 1. The fourth-order valence-corrected chi connectivity index (χ4v) is 1.97. The second-order valence-corrected chi connectivity index (χ2v) is 3.99. The van der Waals surface area contributed by atoms with Gasteiger partial charge in [-0.1, -0.05) is 13.3 Å². The smallest absolute Gasteiger partial charge is 0.362 e. The number of rotatable bonds is 5. The summed E-state index contributed by atoms with van der Waals surface area (Å²) in [7, 11) is 0. The number of likely N-dealkylation sites (tertiary alicyclic amines) is 1. The molecule has 0 saturated carbocycles. The van der Waals surface area contributed by atoms with Gasteiger partial charge >= 0.3 is 5.97 Å². The molecule has 2 unspecified atom stereocenters. The highest BCUT2D eigenvalue weighted by molar-refractivity contribution is 5.85. The lowest BCUT2D eigenvalue weighted by Gasteiger charge is -2.19. The van der Waals surface area contributed by atoms with Gasteiger partial charge in [-0.05, 0) is 19.3 Å². The molecule has 1 rings (SSSR count). The van der Waals surface area contributed by atoms with E-state index in [-0.39, 0.29) is 18.4 Å². The molecule has 0 N–H and O–H groups in total. The number of carbonyl (C=O) groups excluding carboxylic acids is 2. The van der Waals surface area contributed by atoms with Gasteiger partial charge in [0.15, 0.2) is 0 Å². The average Bonchev–Trinajstić information content (AvgIpc) is 2.59. The van der Waals surface area contributed by atoms with Crippen molar-refractivity contribution in [3.8, 4) is 0 Å².